The van der Waals surface area contributed by atoms with Crippen LogP contribution in [0.3, 0.4) is 0 Å². The molecule has 0 N–H and O–H groups in total. The van der Waals surface area contributed by atoms with Gasteiger partial charge in [-0.15, -0.1) is 11.6 Å². The zero-order valence-electron chi connectivity index (χ0n) is 15.1. The Balaban J connectivity index is 2.03. The van der Waals surface area contributed by atoms with Gasteiger partial charge in [-0.3, -0.25) is 0 Å². The molecule has 0 fully saturated rings. The Hall–Kier alpha value is -2.46. The van der Waals surface area contributed by atoms with Gasteiger partial charge in [-0.2, -0.15) is 0 Å². The molecule has 0 nitrogen and oxygen atoms in total. The quantitative estimate of drug-likeness (QED) is 0.329. The Morgan fingerprint density at radius 2 is 1.59 bits per heavy atom. The lowest BCUT2D eigenvalue weighted by Gasteiger charge is -2.14. The summed E-state index contributed by atoms with van der Waals surface area (Å²) in [6.45, 7) is 2.08. The number of benzene rings is 3. The van der Waals surface area contributed by atoms with Crippen molar-refractivity contribution < 1.29 is 0 Å². The first-order valence-electron chi connectivity index (χ1n) is 8.81. The second kappa shape index (κ2) is 9.47. The average Bonchev–Trinajstić information content (AvgIpc) is 2.70. The fraction of sp³-hybridized carbons (Fsp3) is 0.120. The highest BCUT2D eigenvalue weighted by atomic mass is 35.5. The Kier molecular flexibility index (Phi) is 6.77. The van der Waals surface area contributed by atoms with E-state index in [0.717, 1.165) is 22.3 Å². The van der Waals surface area contributed by atoms with Gasteiger partial charge in [0.05, 0.1) is 5.92 Å². The summed E-state index contributed by atoms with van der Waals surface area (Å²) in [6.07, 6.45) is 2.13. The highest BCUT2D eigenvalue weighted by molar-refractivity contribution is 6.30. The van der Waals surface area contributed by atoms with E-state index in [1.807, 2.05) is 54.6 Å². The minimum atomic E-state index is -0.0960. The molecule has 0 aliphatic rings. The molecule has 0 saturated heterocycles. The van der Waals surface area contributed by atoms with Crippen molar-refractivity contribution >= 4 is 29.3 Å². The van der Waals surface area contributed by atoms with E-state index < -0.39 is 0 Å². The molecule has 1 unspecified atom stereocenters. The molecule has 0 saturated carbocycles. The standard InChI is InChI=1S/C25H20Cl2/c1-19-7-9-21(10-8-19)17-23(18-26)25(22-12-14-24(27)15-13-22)16-11-20-5-3-2-4-6-20/h2-10,12-15,17,25H,18H2,1H3/b23-17+. The summed E-state index contributed by atoms with van der Waals surface area (Å²) >= 11 is 12.4. The molecule has 27 heavy (non-hydrogen) atoms. The first kappa shape index (κ1) is 19.3. The van der Waals surface area contributed by atoms with Crippen molar-refractivity contribution in [3.63, 3.8) is 0 Å². The summed E-state index contributed by atoms with van der Waals surface area (Å²) in [6, 6.07) is 26.2. The van der Waals surface area contributed by atoms with Crippen molar-refractivity contribution in [2.75, 3.05) is 5.88 Å². The van der Waals surface area contributed by atoms with E-state index in [4.69, 9.17) is 23.2 Å². The molecule has 0 radical (unpaired) electrons. The van der Waals surface area contributed by atoms with E-state index in [1.165, 1.54) is 5.56 Å². The Morgan fingerprint density at radius 3 is 2.22 bits per heavy atom. The van der Waals surface area contributed by atoms with Crippen molar-refractivity contribution in [2.24, 2.45) is 0 Å². The Bertz CT molecular complexity index is 957. The summed E-state index contributed by atoms with van der Waals surface area (Å²) in [5, 5.41) is 0.712. The van der Waals surface area contributed by atoms with Gasteiger partial charge in [-0.05, 0) is 47.9 Å². The number of rotatable bonds is 4. The van der Waals surface area contributed by atoms with Gasteiger partial charge in [0.15, 0.2) is 0 Å². The van der Waals surface area contributed by atoms with Crippen LogP contribution in [0, 0.1) is 18.8 Å². The van der Waals surface area contributed by atoms with Gasteiger partial charge in [0.25, 0.3) is 0 Å². The fourth-order valence-electron chi connectivity index (χ4n) is 2.80. The lowest BCUT2D eigenvalue weighted by Crippen LogP contribution is -2.02. The number of hydrogen-bond donors (Lipinski definition) is 0. The molecule has 0 bridgehead atoms. The van der Waals surface area contributed by atoms with Gasteiger partial charge in [0, 0.05) is 16.5 Å². The van der Waals surface area contributed by atoms with E-state index in [-0.39, 0.29) is 5.92 Å². The molecule has 0 aliphatic carbocycles. The second-order valence-electron chi connectivity index (χ2n) is 6.38. The zero-order chi connectivity index (χ0) is 19.1. The monoisotopic (exact) mass is 390 g/mol. The van der Waals surface area contributed by atoms with Crippen molar-refractivity contribution in [3.8, 4) is 11.8 Å². The third-order valence-corrected chi connectivity index (χ3v) is 4.85. The van der Waals surface area contributed by atoms with Gasteiger partial charge >= 0.3 is 0 Å². The molecule has 134 valence electrons. The highest BCUT2D eigenvalue weighted by Crippen LogP contribution is 2.28. The van der Waals surface area contributed by atoms with Crippen LogP contribution in [-0.2, 0) is 0 Å². The van der Waals surface area contributed by atoms with Gasteiger partial charge in [0.1, 0.15) is 0 Å². The highest BCUT2D eigenvalue weighted by Gasteiger charge is 2.14. The maximum atomic E-state index is 6.34. The third kappa shape index (κ3) is 5.51. The SMILES string of the molecule is Cc1ccc(/C=C(\CCl)C(C#Cc2ccccc2)c2ccc(Cl)cc2)cc1. The minimum Gasteiger partial charge on any atom is -0.122 e. The Labute approximate surface area is 171 Å². The molecular weight excluding hydrogens is 371 g/mol. The minimum absolute atomic E-state index is 0.0960. The number of allylic oxidation sites excluding steroid dienone is 1. The summed E-state index contributed by atoms with van der Waals surface area (Å²) in [5.74, 6) is 7.01. The van der Waals surface area contributed by atoms with Crippen LogP contribution in [0.15, 0.2) is 84.4 Å². The predicted octanol–water partition coefficient (Wildman–Crippen LogP) is 7.11. The number of alkyl halides is 1. The molecule has 0 amide bonds. The molecule has 0 aromatic heterocycles. The fourth-order valence-corrected chi connectivity index (χ4v) is 3.16. The van der Waals surface area contributed by atoms with Crippen LogP contribution in [0.4, 0.5) is 0 Å². The smallest absolute Gasteiger partial charge is 0.0680 e. The summed E-state index contributed by atoms with van der Waals surface area (Å²) < 4.78 is 0. The Morgan fingerprint density at radius 1 is 0.926 bits per heavy atom. The zero-order valence-corrected chi connectivity index (χ0v) is 16.6. The van der Waals surface area contributed by atoms with Crippen LogP contribution < -0.4 is 0 Å². The lowest BCUT2D eigenvalue weighted by molar-refractivity contribution is 1.04. The van der Waals surface area contributed by atoms with Gasteiger partial charge in [-0.25, -0.2) is 0 Å². The van der Waals surface area contributed by atoms with Crippen molar-refractivity contribution in [1.29, 1.82) is 0 Å². The summed E-state index contributed by atoms with van der Waals surface area (Å²) in [7, 11) is 0. The van der Waals surface area contributed by atoms with E-state index >= 15 is 0 Å². The van der Waals surface area contributed by atoms with E-state index in [0.29, 0.717) is 10.9 Å². The topological polar surface area (TPSA) is 0 Å². The molecule has 0 aliphatic heterocycles. The molecule has 1 atom stereocenters. The van der Waals surface area contributed by atoms with Crippen LogP contribution in [0.2, 0.25) is 5.02 Å². The van der Waals surface area contributed by atoms with E-state index in [9.17, 15) is 0 Å². The van der Waals surface area contributed by atoms with Gasteiger partial charge in [0.2, 0.25) is 0 Å². The third-order valence-electron chi connectivity index (χ3n) is 4.29. The van der Waals surface area contributed by atoms with Crippen LogP contribution >= 0.6 is 23.2 Å². The van der Waals surface area contributed by atoms with Crippen molar-refractivity contribution in [3.05, 3.63) is 112 Å². The predicted molar refractivity (Wildman–Crippen MR) is 117 cm³/mol. The average molecular weight is 391 g/mol. The maximum Gasteiger partial charge on any atom is 0.0680 e. The molecule has 0 heterocycles. The van der Waals surface area contributed by atoms with E-state index in [1.54, 1.807) is 0 Å². The van der Waals surface area contributed by atoms with Crippen molar-refractivity contribution in [2.45, 2.75) is 12.8 Å². The van der Waals surface area contributed by atoms with Gasteiger partial charge in [-0.1, -0.05) is 89.7 Å². The second-order valence-corrected chi connectivity index (χ2v) is 7.09. The lowest BCUT2D eigenvalue weighted by atomic mass is 9.90. The molecule has 3 aromatic rings. The molecule has 0 spiro atoms. The molecule has 3 rings (SSSR count). The maximum absolute atomic E-state index is 6.34. The van der Waals surface area contributed by atoms with Crippen LogP contribution in [0.25, 0.3) is 6.08 Å². The largest absolute Gasteiger partial charge is 0.122 e. The summed E-state index contributed by atoms with van der Waals surface area (Å²) in [5.41, 5.74) is 5.49. The number of halogens is 2. The van der Waals surface area contributed by atoms with Crippen molar-refractivity contribution in [1.82, 2.24) is 0 Å². The first-order valence-corrected chi connectivity index (χ1v) is 9.72. The summed E-state index contributed by atoms with van der Waals surface area (Å²) in [4.78, 5) is 0. The van der Waals surface area contributed by atoms with Crippen LogP contribution in [-0.4, -0.2) is 5.88 Å². The van der Waals surface area contributed by atoms with E-state index in [2.05, 4.69) is 49.1 Å². The van der Waals surface area contributed by atoms with Crippen LogP contribution in [0.1, 0.15) is 28.2 Å². The number of aryl methyl sites for hydroxylation is 1. The molecule has 3 aromatic carbocycles. The molecular formula is C25H20Cl2. The van der Waals surface area contributed by atoms with Gasteiger partial charge < -0.3 is 0 Å². The van der Waals surface area contributed by atoms with Crippen LogP contribution in [0.5, 0.6) is 0 Å². The number of hydrogen-bond acceptors (Lipinski definition) is 0. The molecule has 2 heteroatoms. The first-order chi connectivity index (χ1) is 13.2. The normalized spacial score (nSPS) is 12.2.